The van der Waals surface area contributed by atoms with Crippen LogP contribution in [0.2, 0.25) is 0 Å². The number of rotatable bonds is 5. The second-order valence-electron chi connectivity index (χ2n) is 5.58. The van der Waals surface area contributed by atoms with Crippen LogP contribution in [0.1, 0.15) is 51.4 Å². The van der Waals surface area contributed by atoms with E-state index in [0.29, 0.717) is 24.9 Å². The molecule has 106 valence electrons. The standard InChI is InChI=1S/C13H23N5O/c1-9(2)18-8-16-17-12(18)7-15-13(19)6-10-4-3-5-11(10)14/h8-11H,3-7,14H2,1-2H3,(H,15,19)/t10-,11+/m0/s1. The highest BCUT2D eigenvalue weighted by Gasteiger charge is 2.26. The summed E-state index contributed by atoms with van der Waals surface area (Å²) in [4.78, 5) is 11.9. The Labute approximate surface area is 113 Å². The lowest BCUT2D eigenvalue weighted by Crippen LogP contribution is -2.32. The fourth-order valence-corrected chi connectivity index (χ4v) is 2.63. The Hall–Kier alpha value is -1.43. The highest BCUT2D eigenvalue weighted by molar-refractivity contribution is 5.76. The van der Waals surface area contributed by atoms with Gasteiger partial charge in [-0.05, 0) is 32.6 Å². The molecular weight excluding hydrogens is 242 g/mol. The second-order valence-corrected chi connectivity index (χ2v) is 5.58. The van der Waals surface area contributed by atoms with E-state index in [2.05, 4.69) is 29.4 Å². The Morgan fingerprint density at radius 2 is 2.37 bits per heavy atom. The number of hydrogen-bond donors (Lipinski definition) is 2. The van der Waals surface area contributed by atoms with Gasteiger partial charge in [0.25, 0.3) is 0 Å². The molecule has 1 heterocycles. The molecule has 1 aliphatic rings. The van der Waals surface area contributed by atoms with Crippen molar-refractivity contribution in [3.63, 3.8) is 0 Å². The van der Waals surface area contributed by atoms with Gasteiger partial charge in [-0.2, -0.15) is 0 Å². The summed E-state index contributed by atoms with van der Waals surface area (Å²) in [6.07, 6.45) is 5.47. The van der Waals surface area contributed by atoms with Crippen LogP contribution in [0.25, 0.3) is 0 Å². The van der Waals surface area contributed by atoms with Crippen LogP contribution < -0.4 is 11.1 Å². The van der Waals surface area contributed by atoms with Crippen molar-refractivity contribution in [2.45, 2.75) is 58.2 Å². The normalized spacial score (nSPS) is 22.9. The molecule has 1 aliphatic carbocycles. The minimum Gasteiger partial charge on any atom is -0.349 e. The van der Waals surface area contributed by atoms with Gasteiger partial charge in [0.1, 0.15) is 6.33 Å². The zero-order chi connectivity index (χ0) is 13.8. The van der Waals surface area contributed by atoms with Crippen molar-refractivity contribution >= 4 is 5.91 Å². The van der Waals surface area contributed by atoms with Gasteiger partial charge in [-0.15, -0.1) is 10.2 Å². The van der Waals surface area contributed by atoms with Crippen molar-refractivity contribution < 1.29 is 4.79 Å². The Balaban J connectivity index is 1.81. The molecule has 1 aromatic heterocycles. The maximum Gasteiger partial charge on any atom is 0.220 e. The lowest BCUT2D eigenvalue weighted by Gasteiger charge is -2.15. The number of amides is 1. The highest BCUT2D eigenvalue weighted by Crippen LogP contribution is 2.26. The van der Waals surface area contributed by atoms with E-state index in [4.69, 9.17) is 5.73 Å². The molecule has 2 atom stereocenters. The second kappa shape index (κ2) is 6.14. The number of nitrogens with one attached hydrogen (secondary N) is 1. The molecule has 3 N–H and O–H groups in total. The van der Waals surface area contributed by atoms with Crippen LogP contribution in [0, 0.1) is 5.92 Å². The smallest absolute Gasteiger partial charge is 0.220 e. The monoisotopic (exact) mass is 265 g/mol. The number of carbonyl (C=O) groups is 1. The summed E-state index contributed by atoms with van der Waals surface area (Å²) in [6, 6.07) is 0.482. The SMILES string of the molecule is CC(C)n1cnnc1CNC(=O)C[C@@H]1CCC[C@H]1N. The predicted molar refractivity (Wildman–Crippen MR) is 72.2 cm³/mol. The van der Waals surface area contributed by atoms with E-state index in [1.807, 2.05) is 4.57 Å². The van der Waals surface area contributed by atoms with Crippen molar-refractivity contribution in [2.75, 3.05) is 0 Å². The quantitative estimate of drug-likeness (QED) is 0.831. The summed E-state index contributed by atoms with van der Waals surface area (Å²) in [7, 11) is 0. The van der Waals surface area contributed by atoms with Crippen molar-refractivity contribution in [3.8, 4) is 0 Å². The number of hydrogen-bond acceptors (Lipinski definition) is 4. The Morgan fingerprint density at radius 3 is 3.00 bits per heavy atom. The fraction of sp³-hybridized carbons (Fsp3) is 0.769. The minimum atomic E-state index is 0.0562. The summed E-state index contributed by atoms with van der Waals surface area (Å²) < 4.78 is 1.96. The molecule has 19 heavy (non-hydrogen) atoms. The Bertz CT molecular complexity index is 428. The van der Waals surface area contributed by atoms with Crippen LogP contribution in [0.3, 0.4) is 0 Å². The third kappa shape index (κ3) is 3.53. The van der Waals surface area contributed by atoms with E-state index in [0.717, 1.165) is 25.1 Å². The van der Waals surface area contributed by atoms with E-state index in [9.17, 15) is 4.79 Å². The minimum absolute atomic E-state index is 0.0562. The van der Waals surface area contributed by atoms with E-state index in [1.54, 1.807) is 6.33 Å². The Morgan fingerprint density at radius 1 is 1.58 bits per heavy atom. The predicted octanol–water partition coefficient (Wildman–Crippen LogP) is 0.993. The van der Waals surface area contributed by atoms with E-state index in [-0.39, 0.29) is 11.9 Å². The Kier molecular flexibility index (Phi) is 4.52. The lowest BCUT2D eigenvalue weighted by atomic mass is 10.00. The maximum absolute atomic E-state index is 11.9. The van der Waals surface area contributed by atoms with Gasteiger partial charge < -0.3 is 15.6 Å². The van der Waals surface area contributed by atoms with Crippen LogP contribution in [0.15, 0.2) is 6.33 Å². The summed E-state index contributed by atoms with van der Waals surface area (Å²) in [5.74, 6) is 1.18. The van der Waals surface area contributed by atoms with Gasteiger partial charge in [0, 0.05) is 18.5 Å². The van der Waals surface area contributed by atoms with E-state index in [1.165, 1.54) is 0 Å². The first-order chi connectivity index (χ1) is 9.08. The summed E-state index contributed by atoms with van der Waals surface area (Å²) >= 11 is 0. The highest BCUT2D eigenvalue weighted by atomic mass is 16.1. The third-order valence-corrected chi connectivity index (χ3v) is 3.81. The molecular formula is C13H23N5O. The molecule has 0 spiro atoms. The van der Waals surface area contributed by atoms with Gasteiger partial charge in [0.2, 0.25) is 5.91 Å². The van der Waals surface area contributed by atoms with Gasteiger partial charge in [-0.25, -0.2) is 0 Å². The number of nitrogens with zero attached hydrogens (tertiary/aromatic N) is 3. The van der Waals surface area contributed by atoms with Crippen molar-refractivity contribution in [3.05, 3.63) is 12.2 Å². The van der Waals surface area contributed by atoms with Crippen molar-refractivity contribution in [1.82, 2.24) is 20.1 Å². The average molecular weight is 265 g/mol. The largest absolute Gasteiger partial charge is 0.349 e. The van der Waals surface area contributed by atoms with Gasteiger partial charge in [0.15, 0.2) is 5.82 Å². The van der Waals surface area contributed by atoms with Crippen LogP contribution in [0.5, 0.6) is 0 Å². The first kappa shape index (κ1) is 14.0. The molecule has 6 nitrogen and oxygen atoms in total. The van der Waals surface area contributed by atoms with Crippen LogP contribution >= 0.6 is 0 Å². The average Bonchev–Trinajstić information content (AvgIpc) is 2.96. The van der Waals surface area contributed by atoms with E-state index < -0.39 is 0 Å². The number of carbonyl (C=O) groups excluding carboxylic acids is 1. The molecule has 0 bridgehead atoms. The zero-order valence-corrected chi connectivity index (χ0v) is 11.7. The molecule has 0 unspecified atom stereocenters. The summed E-state index contributed by atoms with van der Waals surface area (Å²) in [6.45, 7) is 4.55. The van der Waals surface area contributed by atoms with Crippen LogP contribution in [-0.4, -0.2) is 26.7 Å². The molecule has 0 aromatic carbocycles. The number of aromatic nitrogens is 3. The molecule has 1 fully saturated rings. The molecule has 0 saturated heterocycles. The van der Waals surface area contributed by atoms with Gasteiger partial charge in [0.05, 0.1) is 6.54 Å². The summed E-state index contributed by atoms with van der Waals surface area (Å²) in [5.41, 5.74) is 5.98. The lowest BCUT2D eigenvalue weighted by molar-refractivity contribution is -0.122. The molecule has 1 amide bonds. The van der Waals surface area contributed by atoms with Crippen LogP contribution in [0.4, 0.5) is 0 Å². The van der Waals surface area contributed by atoms with Crippen LogP contribution in [-0.2, 0) is 11.3 Å². The number of nitrogens with two attached hydrogens (primary N) is 1. The molecule has 6 heteroatoms. The molecule has 1 aromatic rings. The molecule has 1 saturated carbocycles. The fourth-order valence-electron chi connectivity index (χ4n) is 2.63. The topological polar surface area (TPSA) is 85.8 Å². The van der Waals surface area contributed by atoms with Crippen molar-refractivity contribution in [2.24, 2.45) is 11.7 Å². The van der Waals surface area contributed by atoms with Gasteiger partial charge >= 0.3 is 0 Å². The first-order valence-corrected chi connectivity index (χ1v) is 6.98. The van der Waals surface area contributed by atoms with Gasteiger partial charge in [-0.1, -0.05) is 6.42 Å². The molecule has 2 rings (SSSR count). The molecule has 0 aliphatic heterocycles. The first-order valence-electron chi connectivity index (χ1n) is 6.98. The molecule has 0 radical (unpaired) electrons. The van der Waals surface area contributed by atoms with E-state index >= 15 is 0 Å². The maximum atomic E-state index is 11.9. The summed E-state index contributed by atoms with van der Waals surface area (Å²) in [5, 5.41) is 10.8. The zero-order valence-electron chi connectivity index (χ0n) is 11.7. The van der Waals surface area contributed by atoms with Crippen molar-refractivity contribution in [1.29, 1.82) is 0 Å². The third-order valence-electron chi connectivity index (χ3n) is 3.81. The van der Waals surface area contributed by atoms with Gasteiger partial charge in [-0.3, -0.25) is 4.79 Å².